The normalized spacial score (nSPS) is 12.5. The van der Waals surface area contributed by atoms with Crippen molar-refractivity contribution in [3.63, 3.8) is 0 Å². The molecule has 35 heavy (non-hydrogen) atoms. The lowest BCUT2D eigenvalue weighted by atomic mass is 9.94. The lowest BCUT2D eigenvalue weighted by Crippen LogP contribution is -2.06. The topological polar surface area (TPSA) is 46.2 Å². The van der Waals surface area contributed by atoms with Crippen LogP contribution in [0.2, 0.25) is 0 Å². The van der Waals surface area contributed by atoms with E-state index >= 15 is 0 Å². The van der Waals surface area contributed by atoms with Gasteiger partial charge in [0.05, 0.1) is 26.4 Å². The molecule has 0 saturated carbocycles. The Bertz CT molecular complexity index is 760. The molecule has 2 aromatic rings. The lowest BCUT2D eigenvalue weighted by molar-refractivity contribution is 0.0804. The summed E-state index contributed by atoms with van der Waals surface area (Å²) in [5, 5.41) is 0. The summed E-state index contributed by atoms with van der Waals surface area (Å²) in [6.45, 7) is 19.4. The van der Waals surface area contributed by atoms with Gasteiger partial charge in [0.25, 0.3) is 0 Å². The average Bonchev–Trinajstić information content (AvgIpc) is 2.81. The Kier molecular flexibility index (Phi) is 13.5. The zero-order valence-electron chi connectivity index (χ0n) is 22.6. The smallest absolute Gasteiger partial charge is 0.215 e. The highest BCUT2D eigenvalue weighted by Gasteiger charge is 2.16. The molecule has 5 nitrogen and oxygen atoms in total. The molecule has 0 aliphatic rings. The molecule has 0 radical (unpaired) electrons. The molecule has 0 aromatic heterocycles. The molecule has 0 spiro atoms. The first kappa shape index (κ1) is 30.0. The zero-order valence-corrected chi connectivity index (χ0v) is 24.6. The van der Waals surface area contributed by atoms with E-state index < -0.39 is 0 Å². The maximum Gasteiger partial charge on any atom is 0.215 e. The van der Waals surface area contributed by atoms with Crippen LogP contribution in [0.5, 0.6) is 11.5 Å². The molecule has 196 valence electrons. The van der Waals surface area contributed by atoms with Gasteiger partial charge in [0, 0.05) is 0 Å². The molecule has 0 aliphatic carbocycles. The first-order chi connectivity index (χ1) is 16.7. The monoisotopic (exact) mass is 522 g/mol. The molecule has 2 unspecified atom stereocenters. The third-order valence-electron chi connectivity index (χ3n) is 5.70. The Morgan fingerprint density at radius 3 is 1.11 bits per heavy atom. The van der Waals surface area contributed by atoms with Crippen molar-refractivity contribution >= 4 is 18.1 Å². The molecule has 2 rings (SSSR count). The van der Waals surface area contributed by atoms with Crippen molar-refractivity contribution in [3.8, 4) is 11.5 Å². The Morgan fingerprint density at radius 1 is 0.514 bits per heavy atom. The van der Waals surface area contributed by atoms with Gasteiger partial charge < -0.3 is 22.8 Å². The minimum atomic E-state index is -0.0531. The molecule has 7 heteroatoms. The summed E-state index contributed by atoms with van der Waals surface area (Å²) < 4.78 is 29.1. The fraction of sp³-hybridized carbons (Fsp3) is 0.571. The molecule has 0 bridgehead atoms. The van der Waals surface area contributed by atoms with Crippen molar-refractivity contribution < 1.29 is 22.8 Å². The van der Waals surface area contributed by atoms with Gasteiger partial charge in [0.15, 0.2) is 0 Å². The van der Waals surface area contributed by atoms with E-state index in [9.17, 15) is 0 Å². The van der Waals surface area contributed by atoms with Gasteiger partial charge in [0.1, 0.15) is 11.5 Å². The van der Waals surface area contributed by atoms with E-state index in [1.54, 1.807) is 0 Å². The molecular formula is C28H44O5P2. The van der Waals surface area contributed by atoms with Crippen LogP contribution in [-0.4, -0.2) is 26.4 Å². The van der Waals surface area contributed by atoms with Gasteiger partial charge in [-0.05, 0) is 45.9 Å². The van der Waals surface area contributed by atoms with Crippen LogP contribution in [0.1, 0.15) is 101 Å². The highest BCUT2D eigenvalue weighted by atomic mass is 31.1. The zero-order chi connectivity index (χ0) is 25.8. The molecule has 0 heterocycles. The van der Waals surface area contributed by atoms with Crippen LogP contribution in [0, 0.1) is 0 Å². The van der Waals surface area contributed by atoms with Crippen LogP contribution in [0.15, 0.2) is 36.4 Å². The number of benzene rings is 2. The van der Waals surface area contributed by atoms with Gasteiger partial charge in [-0.1, -0.05) is 91.8 Å². The molecule has 0 saturated heterocycles. The van der Waals surface area contributed by atoms with Crippen LogP contribution in [0.3, 0.4) is 0 Å². The van der Waals surface area contributed by atoms with E-state index in [2.05, 4.69) is 91.8 Å². The minimum Gasteiger partial charge on any atom is -0.449 e. The first-order valence-corrected chi connectivity index (χ1v) is 14.3. The van der Waals surface area contributed by atoms with Crippen LogP contribution in [0.25, 0.3) is 0 Å². The van der Waals surface area contributed by atoms with E-state index in [-0.39, 0.29) is 18.1 Å². The fourth-order valence-electron chi connectivity index (χ4n) is 3.73. The molecule has 0 fully saturated rings. The standard InChI is InChI=1S/C28H44O5P2/c1-19(2)23-11-9-12-24(20(3)4)27(23)32-34-30-17-15-29-16-18-31-35-33-28-25(21(5)6)13-10-14-26(28)22(7)8/h9-14,19-22,34-35H,15-18H2,1-8H3. The highest BCUT2D eigenvalue weighted by molar-refractivity contribution is 7.26. The second kappa shape index (κ2) is 15.8. The second-order valence-electron chi connectivity index (χ2n) is 9.83. The van der Waals surface area contributed by atoms with Crippen molar-refractivity contribution in [1.82, 2.24) is 0 Å². The van der Waals surface area contributed by atoms with Gasteiger partial charge in [-0.15, -0.1) is 0 Å². The Hall–Kier alpha value is -1.22. The lowest BCUT2D eigenvalue weighted by Gasteiger charge is -2.19. The van der Waals surface area contributed by atoms with Crippen molar-refractivity contribution in [2.45, 2.75) is 79.1 Å². The van der Waals surface area contributed by atoms with Crippen molar-refractivity contribution in [1.29, 1.82) is 0 Å². The molecule has 2 aromatic carbocycles. The van der Waals surface area contributed by atoms with Gasteiger partial charge in [-0.3, -0.25) is 0 Å². The highest BCUT2D eigenvalue weighted by Crippen LogP contribution is 2.39. The maximum atomic E-state index is 6.06. The third-order valence-corrected chi connectivity index (χ3v) is 6.92. The van der Waals surface area contributed by atoms with E-state index in [4.69, 9.17) is 22.8 Å². The molecular weight excluding hydrogens is 478 g/mol. The number of hydrogen-bond acceptors (Lipinski definition) is 5. The maximum absolute atomic E-state index is 6.06. The van der Waals surface area contributed by atoms with E-state index in [1.165, 1.54) is 22.3 Å². The van der Waals surface area contributed by atoms with Gasteiger partial charge in [0.2, 0.25) is 18.1 Å². The van der Waals surface area contributed by atoms with Crippen molar-refractivity contribution in [2.24, 2.45) is 0 Å². The Balaban J connectivity index is 1.64. The minimum absolute atomic E-state index is 0.0531. The number of ether oxygens (including phenoxy) is 1. The summed E-state index contributed by atoms with van der Waals surface area (Å²) >= 11 is 0. The SMILES string of the molecule is CC(C)c1cccc(C(C)C)c1OPOCCOCCOPOc1c(C(C)C)cccc1C(C)C. The van der Waals surface area contributed by atoms with Crippen molar-refractivity contribution in [2.75, 3.05) is 26.4 Å². The van der Waals surface area contributed by atoms with Crippen LogP contribution >= 0.6 is 18.1 Å². The second-order valence-corrected chi connectivity index (χ2v) is 11.1. The summed E-state index contributed by atoms with van der Waals surface area (Å²) in [6, 6.07) is 12.7. The van der Waals surface area contributed by atoms with Crippen molar-refractivity contribution in [3.05, 3.63) is 58.7 Å². The van der Waals surface area contributed by atoms with Crippen LogP contribution in [-0.2, 0) is 13.8 Å². The van der Waals surface area contributed by atoms with E-state index in [1.807, 2.05) is 0 Å². The first-order valence-electron chi connectivity index (χ1n) is 12.6. The summed E-state index contributed by atoms with van der Waals surface area (Å²) in [5.41, 5.74) is 4.89. The summed E-state index contributed by atoms with van der Waals surface area (Å²) in [4.78, 5) is 0. The largest absolute Gasteiger partial charge is 0.449 e. The quantitative estimate of drug-likeness (QED) is 0.163. The number of hydrogen-bond donors (Lipinski definition) is 0. The van der Waals surface area contributed by atoms with Crippen LogP contribution < -0.4 is 9.05 Å². The molecule has 0 amide bonds. The van der Waals surface area contributed by atoms with Gasteiger partial charge >= 0.3 is 0 Å². The number of para-hydroxylation sites is 2. The summed E-state index contributed by atoms with van der Waals surface area (Å²) in [6.07, 6.45) is 0. The molecule has 2 atom stereocenters. The van der Waals surface area contributed by atoms with Gasteiger partial charge in [-0.2, -0.15) is 0 Å². The van der Waals surface area contributed by atoms with Gasteiger partial charge in [-0.25, -0.2) is 0 Å². The Labute approximate surface area is 216 Å². The van der Waals surface area contributed by atoms with Crippen LogP contribution in [0.4, 0.5) is 0 Å². The summed E-state index contributed by atoms with van der Waals surface area (Å²) in [5.74, 6) is 3.53. The molecule has 0 aliphatic heterocycles. The number of rotatable bonds is 16. The fourth-order valence-corrected chi connectivity index (χ4v) is 4.82. The molecule has 0 N–H and O–H groups in total. The van der Waals surface area contributed by atoms with E-state index in [0.717, 1.165) is 11.5 Å². The third kappa shape index (κ3) is 9.63. The van der Waals surface area contributed by atoms with E-state index in [0.29, 0.717) is 50.1 Å². The predicted molar refractivity (Wildman–Crippen MR) is 150 cm³/mol. The Morgan fingerprint density at radius 2 is 0.829 bits per heavy atom. The average molecular weight is 523 g/mol. The predicted octanol–water partition coefficient (Wildman–Crippen LogP) is 8.70. The summed E-state index contributed by atoms with van der Waals surface area (Å²) in [7, 11) is -0.106.